The minimum Gasteiger partial charge on any atom is -0.385 e. The molecule has 10 nitrogen and oxygen atoms in total. The van der Waals surface area contributed by atoms with Crippen LogP contribution in [0.25, 0.3) is 0 Å². The van der Waals surface area contributed by atoms with E-state index in [1.165, 1.54) is 6.42 Å². The van der Waals surface area contributed by atoms with E-state index in [0.29, 0.717) is 70.3 Å². The van der Waals surface area contributed by atoms with E-state index in [4.69, 9.17) is 0 Å². The van der Waals surface area contributed by atoms with Crippen molar-refractivity contribution < 1.29 is 29.1 Å². The highest BCUT2D eigenvalue weighted by atomic mass is 16.3. The number of nitrogens with zero attached hydrogens (tertiary/aromatic N) is 1. The second kappa shape index (κ2) is 16.7. The molecule has 242 valence electrons. The fourth-order valence-electron chi connectivity index (χ4n) is 6.84. The fourth-order valence-corrected chi connectivity index (χ4v) is 6.84. The maximum Gasteiger partial charge on any atom is 0.246 e. The van der Waals surface area contributed by atoms with Crippen molar-refractivity contribution in [2.24, 2.45) is 5.92 Å². The molecule has 1 aliphatic carbocycles. The molecule has 3 aliphatic rings. The third-order valence-corrected chi connectivity index (χ3v) is 9.47. The molecule has 0 unspecified atom stereocenters. The van der Waals surface area contributed by atoms with Crippen molar-refractivity contribution in [3.05, 3.63) is 35.9 Å². The van der Waals surface area contributed by atoms with Crippen LogP contribution in [0.15, 0.2) is 30.3 Å². The topological polar surface area (TPSA) is 145 Å². The zero-order chi connectivity index (χ0) is 31.5. The van der Waals surface area contributed by atoms with Gasteiger partial charge in [0.15, 0.2) is 5.78 Å². The molecule has 1 saturated carbocycles. The van der Waals surface area contributed by atoms with E-state index in [1.54, 1.807) is 11.8 Å². The predicted molar refractivity (Wildman–Crippen MR) is 166 cm³/mol. The van der Waals surface area contributed by atoms with Gasteiger partial charge in [-0.05, 0) is 50.0 Å². The number of rotatable bonds is 12. The van der Waals surface area contributed by atoms with E-state index < -0.39 is 36.2 Å². The number of amides is 4. The van der Waals surface area contributed by atoms with Gasteiger partial charge >= 0.3 is 0 Å². The summed E-state index contributed by atoms with van der Waals surface area (Å²) in [5.74, 6) is -1.29. The summed E-state index contributed by atoms with van der Waals surface area (Å²) in [6, 6.07) is 6.26. The molecule has 2 heterocycles. The van der Waals surface area contributed by atoms with Gasteiger partial charge in [-0.2, -0.15) is 0 Å². The highest BCUT2D eigenvalue weighted by Crippen LogP contribution is 2.28. The average Bonchev–Trinajstić information content (AvgIpc) is 3.53. The van der Waals surface area contributed by atoms with Crippen LogP contribution in [0.1, 0.15) is 102 Å². The number of benzene rings is 1. The van der Waals surface area contributed by atoms with Crippen LogP contribution in [0, 0.1) is 5.92 Å². The van der Waals surface area contributed by atoms with E-state index in [1.807, 2.05) is 30.3 Å². The zero-order valence-corrected chi connectivity index (χ0v) is 26.1. The van der Waals surface area contributed by atoms with Crippen LogP contribution in [0.3, 0.4) is 0 Å². The van der Waals surface area contributed by atoms with Gasteiger partial charge in [0.2, 0.25) is 23.6 Å². The molecule has 4 N–H and O–H groups in total. The van der Waals surface area contributed by atoms with Crippen LogP contribution in [0.5, 0.6) is 0 Å². The van der Waals surface area contributed by atoms with Crippen molar-refractivity contribution in [1.29, 1.82) is 0 Å². The molecule has 4 rings (SSSR count). The minimum atomic E-state index is -0.942. The second-order valence-electron chi connectivity index (χ2n) is 12.8. The van der Waals surface area contributed by atoms with E-state index in [0.717, 1.165) is 31.2 Å². The number of aliphatic hydroxyl groups excluding tert-OH is 1. The maximum absolute atomic E-state index is 13.9. The van der Waals surface area contributed by atoms with Crippen molar-refractivity contribution >= 4 is 29.4 Å². The third kappa shape index (κ3) is 9.36. The first kappa shape index (κ1) is 33.6. The summed E-state index contributed by atoms with van der Waals surface area (Å²) in [5.41, 5.74) is 0.900. The largest absolute Gasteiger partial charge is 0.385 e. The molecule has 1 aromatic rings. The number of fused-ring (bicyclic) bond motifs is 1. The number of hydrogen-bond acceptors (Lipinski definition) is 6. The lowest BCUT2D eigenvalue weighted by molar-refractivity contribution is -0.143. The molecule has 2 aliphatic heterocycles. The molecule has 10 heteroatoms. The van der Waals surface area contributed by atoms with Gasteiger partial charge in [-0.1, -0.05) is 82.2 Å². The molecule has 44 heavy (non-hydrogen) atoms. The van der Waals surface area contributed by atoms with Gasteiger partial charge < -0.3 is 26.0 Å². The standard InChI is InChI=1S/C34H50N4O6/c1-2-29(39)30(40)19-11-5-10-17-25-31(41)36-26(21-23-13-6-3-7-14-23)32(42)37-27(22-24-15-8-4-9-16-24)34(44)38-20-12-18-28(38)33(43)35-25/h4,8-9,15-16,23,25-29,39H,2-3,5-7,10-14,17-22H2,1H3,(H,35,43)(H,36,41)(H,37,42)/t25-,26+,27-,28+,29+/m0/s1. The van der Waals surface area contributed by atoms with Crippen molar-refractivity contribution in [1.82, 2.24) is 20.9 Å². The molecule has 2 saturated heterocycles. The van der Waals surface area contributed by atoms with Crippen LogP contribution in [0.4, 0.5) is 0 Å². The second-order valence-corrected chi connectivity index (χ2v) is 12.8. The van der Waals surface area contributed by atoms with Gasteiger partial charge in [-0.15, -0.1) is 0 Å². The van der Waals surface area contributed by atoms with Crippen molar-refractivity contribution in [2.45, 2.75) is 134 Å². The number of hydrogen-bond donors (Lipinski definition) is 4. The number of carbonyl (C=O) groups is 5. The first-order chi connectivity index (χ1) is 21.3. The Morgan fingerprint density at radius 3 is 2.25 bits per heavy atom. The highest BCUT2D eigenvalue weighted by Gasteiger charge is 2.41. The minimum absolute atomic E-state index is 0.183. The SMILES string of the molecule is CC[C@@H](O)C(=O)CCCCC[C@@H]1NC(=O)[C@H]2CCCN2C(=O)[C@H](Cc2ccccc2)NC(=O)[C@@H](CC2CCCCC2)NC1=O. The van der Waals surface area contributed by atoms with E-state index in [9.17, 15) is 29.1 Å². The Balaban J connectivity index is 1.53. The van der Waals surface area contributed by atoms with Gasteiger partial charge in [0, 0.05) is 19.4 Å². The van der Waals surface area contributed by atoms with E-state index in [-0.39, 0.29) is 29.9 Å². The zero-order valence-electron chi connectivity index (χ0n) is 26.1. The molecule has 5 atom stereocenters. The van der Waals surface area contributed by atoms with Crippen molar-refractivity contribution in [2.75, 3.05) is 6.54 Å². The van der Waals surface area contributed by atoms with Crippen LogP contribution in [-0.2, 0) is 30.4 Å². The lowest BCUT2D eigenvalue weighted by atomic mass is 9.84. The molecule has 1 aromatic carbocycles. The van der Waals surface area contributed by atoms with Gasteiger partial charge in [-0.3, -0.25) is 24.0 Å². The summed E-state index contributed by atoms with van der Waals surface area (Å²) in [7, 11) is 0. The van der Waals surface area contributed by atoms with Crippen LogP contribution in [-0.4, -0.2) is 76.2 Å². The summed E-state index contributed by atoms with van der Waals surface area (Å²) in [4.78, 5) is 68.7. The average molecular weight is 611 g/mol. The lowest BCUT2D eigenvalue weighted by Gasteiger charge is -2.33. The molecular weight excluding hydrogens is 560 g/mol. The smallest absolute Gasteiger partial charge is 0.246 e. The summed E-state index contributed by atoms with van der Waals surface area (Å²) in [5, 5.41) is 18.6. The normalized spacial score (nSPS) is 26.1. The molecular formula is C34H50N4O6. The first-order valence-corrected chi connectivity index (χ1v) is 16.7. The Morgan fingerprint density at radius 2 is 1.52 bits per heavy atom. The van der Waals surface area contributed by atoms with Crippen molar-refractivity contribution in [3.63, 3.8) is 0 Å². The number of aliphatic hydroxyl groups is 1. The number of Topliss-reactive ketones (excluding diaryl/α,β-unsaturated/α-hetero) is 1. The summed E-state index contributed by atoms with van der Waals surface area (Å²) >= 11 is 0. The quantitative estimate of drug-likeness (QED) is 0.268. The van der Waals surface area contributed by atoms with E-state index >= 15 is 0 Å². The van der Waals surface area contributed by atoms with Crippen LogP contribution < -0.4 is 16.0 Å². The number of ketones is 1. The van der Waals surface area contributed by atoms with Gasteiger partial charge in [0.25, 0.3) is 0 Å². The predicted octanol–water partition coefficient (Wildman–Crippen LogP) is 2.95. The first-order valence-electron chi connectivity index (χ1n) is 16.7. The lowest BCUT2D eigenvalue weighted by Crippen LogP contribution is -2.61. The molecule has 0 bridgehead atoms. The Bertz CT molecular complexity index is 1140. The molecule has 3 fully saturated rings. The Hall–Kier alpha value is -3.27. The Labute approximate surface area is 261 Å². The number of nitrogens with one attached hydrogen (secondary N) is 3. The van der Waals surface area contributed by atoms with Crippen LogP contribution in [0.2, 0.25) is 0 Å². The molecule has 0 spiro atoms. The summed E-state index contributed by atoms with van der Waals surface area (Å²) in [6.45, 7) is 2.18. The Morgan fingerprint density at radius 1 is 0.841 bits per heavy atom. The van der Waals surface area contributed by atoms with Crippen molar-refractivity contribution in [3.8, 4) is 0 Å². The monoisotopic (exact) mass is 610 g/mol. The van der Waals surface area contributed by atoms with Gasteiger partial charge in [0.05, 0.1) is 0 Å². The Kier molecular flexibility index (Phi) is 12.8. The highest BCUT2D eigenvalue weighted by molar-refractivity contribution is 5.98. The fraction of sp³-hybridized carbons (Fsp3) is 0.676. The summed E-state index contributed by atoms with van der Waals surface area (Å²) < 4.78 is 0. The third-order valence-electron chi connectivity index (χ3n) is 9.47. The number of unbranched alkanes of at least 4 members (excludes halogenated alkanes) is 2. The maximum atomic E-state index is 13.9. The van der Waals surface area contributed by atoms with E-state index in [2.05, 4.69) is 16.0 Å². The molecule has 0 radical (unpaired) electrons. The number of carbonyl (C=O) groups excluding carboxylic acids is 5. The molecule has 4 amide bonds. The van der Waals surface area contributed by atoms with Gasteiger partial charge in [0.1, 0.15) is 30.3 Å². The molecule has 0 aromatic heterocycles. The van der Waals surface area contributed by atoms with Gasteiger partial charge in [-0.25, -0.2) is 0 Å². The van der Waals surface area contributed by atoms with Crippen LogP contribution >= 0.6 is 0 Å². The summed E-state index contributed by atoms with van der Waals surface area (Å²) in [6.07, 6.45) is 9.15.